The topological polar surface area (TPSA) is 90.4 Å². The van der Waals surface area contributed by atoms with Gasteiger partial charge in [0.2, 0.25) is 5.95 Å². The minimum Gasteiger partial charge on any atom is -0.388 e. The fourth-order valence-corrected chi connectivity index (χ4v) is 2.81. The molecule has 0 spiro atoms. The van der Waals surface area contributed by atoms with Gasteiger partial charge in [-0.1, -0.05) is 0 Å². The molecule has 180 valence electrons. The Morgan fingerprint density at radius 2 is 1.71 bits per heavy atom. The van der Waals surface area contributed by atoms with E-state index in [1.54, 1.807) is 20.8 Å². The van der Waals surface area contributed by atoms with Crippen LogP contribution in [-0.2, 0) is 6.54 Å². The van der Waals surface area contributed by atoms with E-state index in [-0.39, 0.29) is 23.0 Å². The third kappa shape index (κ3) is 5.98. The summed E-state index contributed by atoms with van der Waals surface area (Å²) >= 11 is 0. The largest absolute Gasteiger partial charge is 0.388 e. The number of nitrogens with one attached hydrogen (secondary N) is 2. The Kier molecular flexibility index (Phi) is 7.35. The monoisotopic (exact) mass is 477 g/mol. The van der Waals surface area contributed by atoms with E-state index in [9.17, 15) is 27.5 Å². The molecule has 1 atom stereocenters. The van der Waals surface area contributed by atoms with Crippen molar-refractivity contribution in [3.63, 3.8) is 0 Å². The van der Waals surface area contributed by atoms with Crippen molar-refractivity contribution in [3.8, 4) is 0 Å². The molecular weight excluding hydrogens is 454 g/mol. The Morgan fingerprint density at radius 3 is 2.35 bits per heavy atom. The first-order valence-electron chi connectivity index (χ1n) is 10.2. The molecule has 2 amide bonds. The minimum atomic E-state index is -1.35. The summed E-state index contributed by atoms with van der Waals surface area (Å²) in [7, 11) is 0. The number of carbonyl (C=O) groups excluding carboxylic acids is 1. The Balaban J connectivity index is 1.90. The minimum absolute atomic E-state index is 0.0790. The number of carbonyl (C=O) groups is 1. The summed E-state index contributed by atoms with van der Waals surface area (Å²) in [5.74, 6) is -3.97. The molecule has 3 rings (SSSR count). The molecule has 1 aromatic heterocycles. The maximum Gasteiger partial charge on any atom is 0.327 e. The van der Waals surface area contributed by atoms with Crippen molar-refractivity contribution in [1.29, 1.82) is 0 Å². The molecule has 0 radical (unpaired) electrons. The third-order valence-electron chi connectivity index (χ3n) is 5.08. The lowest BCUT2D eigenvalue weighted by Crippen LogP contribution is -2.40. The van der Waals surface area contributed by atoms with Crippen LogP contribution in [0.1, 0.15) is 26.3 Å². The molecule has 11 heteroatoms. The SMILES string of the molecule is CC(Nc1nccc(N(C(=O)NCc2cc(F)c(F)cc2F)c2ccc(F)cc2)n1)C(C)(C)O. The Morgan fingerprint density at radius 1 is 1.06 bits per heavy atom. The van der Waals surface area contributed by atoms with E-state index in [1.165, 1.54) is 24.4 Å². The van der Waals surface area contributed by atoms with Crippen LogP contribution < -0.4 is 15.5 Å². The van der Waals surface area contributed by atoms with Crippen LogP contribution >= 0.6 is 0 Å². The molecule has 0 fully saturated rings. The van der Waals surface area contributed by atoms with Gasteiger partial charge in [-0.2, -0.15) is 4.98 Å². The Bertz CT molecular complexity index is 1170. The second-order valence-corrected chi connectivity index (χ2v) is 8.09. The van der Waals surface area contributed by atoms with Crippen LogP contribution in [0.4, 0.5) is 39.8 Å². The second kappa shape index (κ2) is 10.0. The fraction of sp³-hybridized carbons (Fsp3) is 0.261. The number of nitrogens with zero attached hydrogens (tertiary/aromatic N) is 3. The maximum absolute atomic E-state index is 14.0. The smallest absolute Gasteiger partial charge is 0.327 e. The standard InChI is InChI=1S/C23H23F4N5O2/c1-13(23(2,3)34)30-21-28-9-8-20(31-21)32(16-6-4-15(24)5-7-16)22(33)29-12-14-10-18(26)19(27)11-17(14)25/h4-11,13,34H,12H2,1-3H3,(H,29,33)(H,28,30,31). The summed E-state index contributed by atoms with van der Waals surface area (Å²) in [6.45, 7) is 4.47. The lowest BCUT2D eigenvalue weighted by atomic mass is 10.0. The van der Waals surface area contributed by atoms with Gasteiger partial charge in [0.05, 0.1) is 17.3 Å². The molecule has 0 saturated heterocycles. The van der Waals surface area contributed by atoms with Gasteiger partial charge in [0, 0.05) is 30.4 Å². The zero-order valence-corrected chi connectivity index (χ0v) is 18.6. The van der Waals surface area contributed by atoms with E-state index in [2.05, 4.69) is 20.6 Å². The summed E-state index contributed by atoms with van der Waals surface area (Å²) in [6, 6.07) is 6.16. The maximum atomic E-state index is 14.0. The highest BCUT2D eigenvalue weighted by Crippen LogP contribution is 2.25. The number of aromatic nitrogens is 2. The molecule has 0 aliphatic rings. The number of hydrogen-bond acceptors (Lipinski definition) is 5. The predicted octanol–water partition coefficient (Wildman–Crippen LogP) is 4.65. The van der Waals surface area contributed by atoms with Crippen LogP contribution in [0, 0.1) is 23.3 Å². The van der Waals surface area contributed by atoms with Gasteiger partial charge in [-0.3, -0.25) is 0 Å². The van der Waals surface area contributed by atoms with Crippen LogP contribution in [0.2, 0.25) is 0 Å². The van der Waals surface area contributed by atoms with Crippen LogP contribution in [-0.4, -0.2) is 32.7 Å². The summed E-state index contributed by atoms with van der Waals surface area (Å²) in [6.07, 6.45) is 1.38. The molecule has 3 N–H and O–H groups in total. The van der Waals surface area contributed by atoms with Crippen molar-refractivity contribution >= 4 is 23.5 Å². The van der Waals surface area contributed by atoms with E-state index in [4.69, 9.17) is 0 Å². The highest BCUT2D eigenvalue weighted by atomic mass is 19.2. The number of hydrogen-bond donors (Lipinski definition) is 3. The molecular formula is C23H23F4N5O2. The van der Waals surface area contributed by atoms with Gasteiger partial charge < -0.3 is 15.7 Å². The first kappa shape index (κ1) is 24.9. The molecule has 0 saturated carbocycles. The van der Waals surface area contributed by atoms with Gasteiger partial charge in [-0.15, -0.1) is 0 Å². The van der Waals surface area contributed by atoms with Gasteiger partial charge in [-0.25, -0.2) is 32.2 Å². The zero-order valence-electron chi connectivity index (χ0n) is 18.6. The lowest BCUT2D eigenvalue weighted by molar-refractivity contribution is 0.0646. The molecule has 0 aliphatic heterocycles. The van der Waals surface area contributed by atoms with Crippen molar-refractivity contribution < 1.29 is 27.5 Å². The van der Waals surface area contributed by atoms with E-state index in [0.29, 0.717) is 12.1 Å². The number of aliphatic hydroxyl groups is 1. The predicted molar refractivity (Wildman–Crippen MR) is 119 cm³/mol. The quantitative estimate of drug-likeness (QED) is 0.340. The third-order valence-corrected chi connectivity index (χ3v) is 5.08. The molecule has 0 bridgehead atoms. The molecule has 34 heavy (non-hydrogen) atoms. The van der Waals surface area contributed by atoms with Crippen LogP contribution in [0.3, 0.4) is 0 Å². The normalized spacial score (nSPS) is 12.2. The van der Waals surface area contributed by atoms with Crippen molar-refractivity contribution in [2.75, 3.05) is 10.2 Å². The average molecular weight is 477 g/mol. The fourth-order valence-electron chi connectivity index (χ4n) is 2.81. The van der Waals surface area contributed by atoms with E-state index in [0.717, 1.165) is 17.0 Å². The van der Waals surface area contributed by atoms with E-state index >= 15 is 0 Å². The molecule has 0 aliphatic carbocycles. The molecule has 2 aromatic carbocycles. The molecule has 3 aromatic rings. The number of rotatable bonds is 7. The second-order valence-electron chi connectivity index (χ2n) is 8.09. The van der Waals surface area contributed by atoms with Gasteiger partial charge in [-0.05, 0) is 51.1 Å². The molecule has 7 nitrogen and oxygen atoms in total. The number of amides is 2. The molecule has 1 heterocycles. The highest BCUT2D eigenvalue weighted by Gasteiger charge is 2.24. The summed E-state index contributed by atoms with van der Waals surface area (Å²) < 4.78 is 54.1. The lowest BCUT2D eigenvalue weighted by Gasteiger charge is -2.27. The Hall–Kier alpha value is -3.73. The number of halogens is 4. The van der Waals surface area contributed by atoms with Gasteiger partial charge in [0.15, 0.2) is 11.6 Å². The summed E-state index contributed by atoms with van der Waals surface area (Å²) in [5, 5.41) is 15.5. The Labute approximate surface area is 193 Å². The van der Waals surface area contributed by atoms with Crippen LogP contribution in [0.5, 0.6) is 0 Å². The van der Waals surface area contributed by atoms with Gasteiger partial charge in [0.1, 0.15) is 17.5 Å². The van der Waals surface area contributed by atoms with Crippen LogP contribution in [0.15, 0.2) is 48.7 Å². The van der Waals surface area contributed by atoms with Gasteiger partial charge in [0.25, 0.3) is 0 Å². The number of anilines is 3. The van der Waals surface area contributed by atoms with E-state index in [1.807, 2.05) is 0 Å². The van der Waals surface area contributed by atoms with Crippen LogP contribution in [0.25, 0.3) is 0 Å². The average Bonchev–Trinajstić information content (AvgIpc) is 2.76. The summed E-state index contributed by atoms with van der Waals surface area (Å²) in [5.41, 5.74) is -1.14. The number of benzene rings is 2. The zero-order chi connectivity index (χ0) is 25.0. The van der Waals surface area contributed by atoms with Crippen molar-refractivity contribution in [3.05, 3.63) is 77.5 Å². The molecule has 1 unspecified atom stereocenters. The van der Waals surface area contributed by atoms with Gasteiger partial charge >= 0.3 is 6.03 Å². The van der Waals surface area contributed by atoms with Crippen molar-refractivity contribution in [2.45, 2.75) is 39.0 Å². The first-order chi connectivity index (χ1) is 16.0. The van der Waals surface area contributed by atoms with E-state index < -0.39 is 47.5 Å². The highest BCUT2D eigenvalue weighted by molar-refractivity contribution is 5.98. The first-order valence-corrected chi connectivity index (χ1v) is 10.2. The summed E-state index contributed by atoms with van der Waals surface area (Å²) in [4.78, 5) is 22.5. The number of urea groups is 1. The van der Waals surface area contributed by atoms with Crippen molar-refractivity contribution in [2.24, 2.45) is 0 Å². The van der Waals surface area contributed by atoms with Crippen molar-refractivity contribution in [1.82, 2.24) is 15.3 Å².